The maximum atomic E-state index is 13.4. The molecule has 10 heteroatoms. The highest BCUT2D eigenvalue weighted by molar-refractivity contribution is 7.11. The van der Waals surface area contributed by atoms with E-state index < -0.39 is 5.97 Å². The highest BCUT2D eigenvalue weighted by Gasteiger charge is 2.33. The summed E-state index contributed by atoms with van der Waals surface area (Å²) in [5, 5.41) is 14.0. The summed E-state index contributed by atoms with van der Waals surface area (Å²) in [5.41, 5.74) is 1.94. The molecule has 0 saturated carbocycles. The summed E-state index contributed by atoms with van der Waals surface area (Å²) < 4.78 is 5.04. The number of amides is 1. The van der Waals surface area contributed by atoms with Gasteiger partial charge in [0.25, 0.3) is 5.91 Å². The van der Waals surface area contributed by atoms with Crippen LogP contribution in [-0.2, 0) is 4.74 Å². The second-order valence-corrected chi connectivity index (χ2v) is 7.98. The lowest BCUT2D eigenvalue weighted by Gasteiger charge is -2.37. The Morgan fingerprint density at radius 3 is 2.87 bits per heavy atom. The van der Waals surface area contributed by atoms with Crippen molar-refractivity contribution in [2.45, 2.75) is 38.6 Å². The zero-order chi connectivity index (χ0) is 21.1. The Labute approximate surface area is 177 Å². The summed E-state index contributed by atoms with van der Waals surface area (Å²) in [6.07, 6.45) is 3.10. The van der Waals surface area contributed by atoms with Crippen LogP contribution in [0.4, 0.5) is 0 Å². The van der Waals surface area contributed by atoms with Gasteiger partial charge in [0.05, 0.1) is 17.9 Å². The first-order chi connectivity index (χ1) is 14.6. The molecule has 1 fully saturated rings. The molecule has 3 aromatic rings. The van der Waals surface area contributed by atoms with Crippen molar-refractivity contribution in [2.75, 3.05) is 13.2 Å². The molecule has 1 aromatic carbocycles. The standard InChI is InChI=1S/C20H22N6O3S/c1-3-29-20(28)18-23-16(11-30-18)14-9-8-13(2)25(10-14)19(27)15-6-4-5-7-17(15)26-22-12-21-24-26/h4-7,11-14H,3,8-10H2,1-2H3/t13-,14-/m1/s1. The van der Waals surface area contributed by atoms with Crippen molar-refractivity contribution < 1.29 is 14.3 Å². The number of thiazole rings is 1. The highest BCUT2D eigenvalue weighted by Crippen LogP contribution is 2.32. The number of hydrogen-bond acceptors (Lipinski definition) is 8. The van der Waals surface area contributed by atoms with Gasteiger partial charge in [0.1, 0.15) is 5.69 Å². The molecule has 2 aromatic heterocycles. The minimum absolute atomic E-state index is 0.0706. The molecule has 2 atom stereocenters. The summed E-state index contributed by atoms with van der Waals surface area (Å²) in [6, 6.07) is 7.33. The van der Waals surface area contributed by atoms with E-state index in [2.05, 4.69) is 27.3 Å². The number of piperidine rings is 1. The number of carbonyl (C=O) groups is 2. The fraction of sp³-hybridized carbons (Fsp3) is 0.400. The van der Waals surface area contributed by atoms with Crippen molar-refractivity contribution in [3.8, 4) is 5.69 Å². The number of ether oxygens (including phenoxy) is 1. The van der Waals surface area contributed by atoms with E-state index in [-0.39, 0.29) is 17.9 Å². The van der Waals surface area contributed by atoms with Crippen LogP contribution in [0.2, 0.25) is 0 Å². The zero-order valence-corrected chi connectivity index (χ0v) is 17.6. The van der Waals surface area contributed by atoms with Crippen LogP contribution < -0.4 is 0 Å². The first kappa shape index (κ1) is 20.1. The molecule has 1 aliphatic rings. The Bertz CT molecular complexity index is 1030. The van der Waals surface area contributed by atoms with E-state index in [1.54, 1.807) is 19.1 Å². The Morgan fingerprint density at radius 1 is 1.27 bits per heavy atom. The molecule has 1 saturated heterocycles. The number of benzene rings is 1. The van der Waals surface area contributed by atoms with Crippen molar-refractivity contribution in [1.82, 2.24) is 30.1 Å². The van der Waals surface area contributed by atoms with Crippen LogP contribution >= 0.6 is 11.3 Å². The number of hydrogen-bond donors (Lipinski definition) is 0. The molecule has 1 aliphatic heterocycles. The average molecular weight is 427 g/mol. The maximum Gasteiger partial charge on any atom is 0.367 e. The van der Waals surface area contributed by atoms with E-state index in [0.29, 0.717) is 29.4 Å². The first-order valence-electron chi connectivity index (χ1n) is 9.84. The molecule has 156 valence electrons. The Kier molecular flexibility index (Phi) is 5.84. The van der Waals surface area contributed by atoms with Gasteiger partial charge in [0.2, 0.25) is 5.01 Å². The van der Waals surface area contributed by atoms with Crippen molar-refractivity contribution in [1.29, 1.82) is 0 Å². The Morgan fingerprint density at radius 2 is 2.10 bits per heavy atom. The van der Waals surface area contributed by atoms with Crippen molar-refractivity contribution in [2.24, 2.45) is 0 Å². The normalized spacial score (nSPS) is 18.9. The topological polar surface area (TPSA) is 103 Å². The largest absolute Gasteiger partial charge is 0.461 e. The van der Waals surface area contributed by atoms with Gasteiger partial charge in [-0.25, -0.2) is 9.78 Å². The van der Waals surface area contributed by atoms with E-state index in [0.717, 1.165) is 18.5 Å². The lowest BCUT2D eigenvalue weighted by atomic mass is 9.90. The highest BCUT2D eigenvalue weighted by atomic mass is 32.1. The number of nitrogens with zero attached hydrogens (tertiary/aromatic N) is 6. The molecule has 0 N–H and O–H groups in total. The number of likely N-dealkylation sites (tertiary alicyclic amines) is 1. The SMILES string of the molecule is CCOC(=O)c1nc([C@@H]2CC[C@@H](C)N(C(=O)c3ccccc3-n3ncnn3)C2)cs1. The summed E-state index contributed by atoms with van der Waals surface area (Å²) in [4.78, 5) is 33.1. The average Bonchev–Trinajstić information content (AvgIpc) is 3.46. The monoisotopic (exact) mass is 426 g/mol. The third-order valence-corrected chi connectivity index (χ3v) is 6.07. The summed E-state index contributed by atoms with van der Waals surface area (Å²) in [5.74, 6) is -0.415. The Balaban J connectivity index is 1.56. The van der Waals surface area contributed by atoms with Gasteiger partial charge in [0, 0.05) is 23.9 Å². The number of carbonyl (C=O) groups excluding carboxylic acids is 2. The smallest absolute Gasteiger partial charge is 0.367 e. The summed E-state index contributed by atoms with van der Waals surface area (Å²) in [6.45, 7) is 4.67. The van der Waals surface area contributed by atoms with Crippen LogP contribution in [0, 0.1) is 0 Å². The van der Waals surface area contributed by atoms with Crippen LogP contribution in [0.1, 0.15) is 58.5 Å². The lowest BCUT2D eigenvalue weighted by Crippen LogP contribution is -2.45. The molecule has 0 radical (unpaired) electrons. The van der Waals surface area contributed by atoms with Gasteiger partial charge in [-0.05, 0) is 44.0 Å². The van der Waals surface area contributed by atoms with Gasteiger partial charge in [-0.2, -0.15) is 0 Å². The first-order valence-corrected chi connectivity index (χ1v) is 10.7. The molecule has 4 rings (SSSR count). The van der Waals surface area contributed by atoms with E-state index >= 15 is 0 Å². The molecule has 0 spiro atoms. The molecular weight excluding hydrogens is 404 g/mol. The van der Waals surface area contributed by atoms with Crippen molar-refractivity contribution in [3.63, 3.8) is 0 Å². The number of rotatable bonds is 5. The van der Waals surface area contributed by atoms with Crippen LogP contribution in [-0.4, -0.2) is 61.2 Å². The van der Waals surface area contributed by atoms with Gasteiger partial charge >= 0.3 is 5.97 Å². The second kappa shape index (κ2) is 8.70. The lowest BCUT2D eigenvalue weighted by molar-refractivity contribution is 0.0522. The van der Waals surface area contributed by atoms with E-state index in [1.807, 2.05) is 22.4 Å². The van der Waals surface area contributed by atoms with Crippen LogP contribution in [0.5, 0.6) is 0 Å². The molecule has 0 aliphatic carbocycles. The minimum atomic E-state index is -0.403. The van der Waals surface area contributed by atoms with Gasteiger partial charge < -0.3 is 9.64 Å². The predicted octanol–water partition coefficient (Wildman–Crippen LogP) is 2.70. The number of aromatic nitrogens is 5. The van der Waals surface area contributed by atoms with E-state index in [4.69, 9.17) is 4.74 Å². The van der Waals surface area contributed by atoms with Crippen LogP contribution in [0.15, 0.2) is 36.0 Å². The molecule has 0 unspecified atom stereocenters. The Hall–Kier alpha value is -3.14. The molecule has 30 heavy (non-hydrogen) atoms. The number of para-hydroxylation sites is 1. The van der Waals surface area contributed by atoms with Gasteiger partial charge in [-0.3, -0.25) is 4.79 Å². The third-order valence-electron chi connectivity index (χ3n) is 5.23. The molecule has 9 nitrogen and oxygen atoms in total. The van der Waals surface area contributed by atoms with Crippen LogP contribution in [0.3, 0.4) is 0 Å². The zero-order valence-electron chi connectivity index (χ0n) is 16.8. The van der Waals surface area contributed by atoms with E-state index in [9.17, 15) is 9.59 Å². The summed E-state index contributed by atoms with van der Waals surface area (Å²) >= 11 is 1.28. The maximum absolute atomic E-state index is 13.4. The number of tetrazole rings is 1. The van der Waals surface area contributed by atoms with Crippen molar-refractivity contribution >= 4 is 23.2 Å². The van der Waals surface area contributed by atoms with Crippen molar-refractivity contribution in [3.05, 3.63) is 52.2 Å². The molecule has 0 bridgehead atoms. The fourth-order valence-electron chi connectivity index (χ4n) is 3.65. The second-order valence-electron chi connectivity index (χ2n) is 7.12. The quantitative estimate of drug-likeness (QED) is 0.578. The fourth-order valence-corrected chi connectivity index (χ4v) is 4.44. The minimum Gasteiger partial charge on any atom is -0.461 e. The van der Waals surface area contributed by atoms with Gasteiger partial charge in [-0.1, -0.05) is 12.1 Å². The van der Waals surface area contributed by atoms with E-state index in [1.165, 1.54) is 22.5 Å². The third kappa shape index (κ3) is 3.95. The predicted molar refractivity (Wildman–Crippen MR) is 110 cm³/mol. The molecular formula is C20H22N6O3S. The summed E-state index contributed by atoms with van der Waals surface area (Å²) in [7, 11) is 0. The number of esters is 1. The van der Waals surface area contributed by atoms with Gasteiger partial charge in [-0.15, -0.1) is 26.3 Å². The molecule has 1 amide bonds. The van der Waals surface area contributed by atoms with Crippen LogP contribution in [0.25, 0.3) is 5.69 Å². The van der Waals surface area contributed by atoms with Gasteiger partial charge in [0.15, 0.2) is 6.33 Å². The molecule has 3 heterocycles.